The number of allylic oxidation sites excluding steroid dienone is 1. The first kappa shape index (κ1) is 9.93. The van der Waals surface area contributed by atoms with Crippen molar-refractivity contribution in [3.05, 3.63) is 12.2 Å². The number of rotatable bonds is 0. The summed E-state index contributed by atoms with van der Waals surface area (Å²) in [6, 6.07) is 0. The molecule has 0 amide bonds. The third-order valence-corrected chi connectivity index (χ3v) is 6.17. The van der Waals surface area contributed by atoms with E-state index < -0.39 is 0 Å². The lowest BCUT2D eigenvalue weighted by Crippen LogP contribution is -2.58. The summed E-state index contributed by atoms with van der Waals surface area (Å²) in [7, 11) is 0. The van der Waals surface area contributed by atoms with Gasteiger partial charge in [0, 0.05) is 5.41 Å². The zero-order valence-corrected chi connectivity index (χ0v) is 10.5. The number of hydrogen-bond acceptors (Lipinski definition) is 0. The third kappa shape index (κ3) is 0.905. The zero-order chi connectivity index (χ0) is 10.9. The Kier molecular flexibility index (Phi) is 1.67. The fourth-order valence-corrected chi connectivity index (χ4v) is 5.52. The molecule has 3 aliphatic rings. The Morgan fingerprint density at radius 2 is 1.93 bits per heavy atom. The van der Waals surface area contributed by atoms with Gasteiger partial charge in [0.2, 0.25) is 0 Å². The van der Waals surface area contributed by atoms with Gasteiger partial charge in [-0.1, -0.05) is 32.9 Å². The van der Waals surface area contributed by atoms with Gasteiger partial charge in [0.25, 0.3) is 0 Å². The minimum Gasteiger partial charge on any atom is -0.0993 e. The van der Waals surface area contributed by atoms with Crippen LogP contribution in [0.5, 0.6) is 0 Å². The van der Waals surface area contributed by atoms with Crippen LogP contribution < -0.4 is 0 Å². The van der Waals surface area contributed by atoms with Crippen LogP contribution in [0.2, 0.25) is 0 Å². The van der Waals surface area contributed by atoms with Gasteiger partial charge in [-0.2, -0.15) is 0 Å². The first-order chi connectivity index (χ1) is 6.92. The highest BCUT2D eigenvalue weighted by Gasteiger charge is 2.70. The lowest BCUT2D eigenvalue weighted by molar-refractivity contribution is -0.125. The monoisotopic (exact) mass is 204 g/mol. The Balaban J connectivity index is 2.05. The van der Waals surface area contributed by atoms with Crippen molar-refractivity contribution in [2.45, 2.75) is 59.3 Å². The number of hydrogen-bond donors (Lipinski definition) is 0. The molecular weight excluding hydrogens is 180 g/mol. The van der Waals surface area contributed by atoms with Gasteiger partial charge in [0.1, 0.15) is 0 Å². The molecule has 15 heavy (non-hydrogen) atoms. The van der Waals surface area contributed by atoms with Gasteiger partial charge in [-0.25, -0.2) is 0 Å². The third-order valence-electron chi connectivity index (χ3n) is 6.17. The summed E-state index contributed by atoms with van der Waals surface area (Å²) in [5, 5.41) is 0. The minimum atomic E-state index is 0.564. The van der Waals surface area contributed by atoms with Crippen LogP contribution >= 0.6 is 0 Å². The van der Waals surface area contributed by atoms with Crippen molar-refractivity contribution in [1.29, 1.82) is 0 Å². The molecule has 0 bridgehead atoms. The first-order valence-electron chi connectivity index (χ1n) is 6.61. The molecular formula is C15H24. The van der Waals surface area contributed by atoms with E-state index in [1.54, 1.807) is 5.57 Å². The topological polar surface area (TPSA) is 0 Å². The van der Waals surface area contributed by atoms with Gasteiger partial charge >= 0.3 is 0 Å². The van der Waals surface area contributed by atoms with Crippen molar-refractivity contribution in [1.82, 2.24) is 0 Å². The molecule has 0 unspecified atom stereocenters. The molecule has 1 spiro atoms. The first-order valence-corrected chi connectivity index (χ1v) is 6.61. The minimum absolute atomic E-state index is 0.564. The average molecular weight is 204 g/mol. The molecule has 0 aromatic carbocycles. The standard InChI is InChI=1S/C15H24/c1-11-6-5-8-14(4)9-7-12-13(2,3)10-15(11,12)14/h12H,1,5-10H2,2-4H3/t12-,14-,15-/m1/s1. The van der Waals surface area contributed by atoms with Crippen molar-refractivity contribution in [2.75, 3.05) is 0 Å². The van der Waals surface area contributed by atoms with Crippen molar-refractivity contribution >= 4 is 0 Å². The van der Waals surface area contributed by atoms with Crippen LogP contribution in [0.15, 0.2) is 12.2 Å². The van der Waals surface area contributed by atoms with Gasteiger partial charge in [0.05, 0.1) is 0 Å². The Morgan fingerprint density at radius 1 is 1.20 bits per heavy atom. The van der Waals surface area contributed by atoms with Gasteiger partial charge in [-0.3, -0.25) is 0 Å². The molecule has 0 aromatic heterocycles. The predicted octanol–water partition coefficient (Wildman–Crippen LogP) is 4.56. The summed E-state index contributed by atoms with van der Waals surface area (Å²) in [4.78, 5) is 0. The quantitative estimate of drug-likeness (QED) is 0.507. The van der Waals surface area contributed by atoms with Gasteiger partial charge in [-0.15, -0.1) is 0 Å². The van der Waals surface area contributed by atoms with Crippen LogP contribution in [-0.4, -0.2) is 0 Å². The SMILES string of the molecule is C=C1CCC[C@]2(C)CC[C@@H]3C(C)(C)C[C@@]132. The molecule has 0 N–H and O–H groups in total. The predicted molar refractivity (Wildman–Crippen MR) is 64.7 cm³/mol. The Morgan fingerprint density at radius 3 is 2.60 bits per heavy atom. The summed E-state index contributed by atoms with van der Waals surface area (Å²) in [5.74, 6) is 0.947. The van der Waals surface area contributed by atoms with Crippen LogP contribution in [0.25, 0.3) is 0 Å². The van der Waals surface area contributed by atoms with Gasteiger partial charge in [-0.05, 0) is 55.3 Å². The van der Waals surface area contributed by atoms with Crippen molar-refractivity contribution < 1.29 is 0 Å². The van der Waals surface area contributed by atoms with Crippen LogP contribution in [0.1, 0.15) is 59.3 Å². The maximum atomic E-state index is 4.44. The molecule has 0 aliphatic heterocycles. The Bertz CT molecular complexity index is 325. The smallest absolute Gasteiger partial charge is 0.000144 e. The molecule has 0 aromatic rings. The summed E-state index contributed by atoms with van der Waals surface area (Å²) in [5.41, 5.74) is 3.38. The average Bonchev–Trinajstić information content (AvgIpc) is 2.37. The molecule has 3 saturated carbocycles. The van der Waals surface area contributed by atoms with E-state index in [-0.39, 0.29) is 0 Å². The lowest BCUT2D eigenvalue weighted by atomic mass is 9.38. The van der Waals surface area contributed by atoms with Crippen LogP contribution in [0, 0.1) is 22.2 Å². The van der Waals surface area contributed by atoms with Crippen molar-refractivity contribution in [3.8, 4) is 0 Å². The van der Waals surface area contributed by atoms with Gasteiger partial charge in [0.15, 0.2) is 0 Å². The summed E-state index contributed by atoms with van der Waals surface area (Å²) in [6.07, 6.45) is 8.49. The highest BCUT2D eigenvalue weighted by atomic mass is 14.7. The fourth-order valence-electron chi connectivity index (χ4n) is 5.52. The molecule has 3 rings (SSSR count). The highest BCUT2D eigenvalue weighted by molar-refractivity contribution is 5.32. The molecule has 84 valence electrons. The van der Waals surface area contributed by atoms with Crippen LogP contribution in [-0.2, 0) is 0 Å². The molecule has 0 heterocycles. The Labute approximate surface area is 94.1 Å². The van der Waals surface area contributed by atoms with E-state index in [1.807, 2.05) is 0 Å². The summed E-state index contributed by atoms with van der Waals surface area (Å²) >= 11 is 0. The summed E-state index contributed by atoms with van der Waals surface area (Å²) in [6.45, 7) is 11.9. The second-order valence-electron chi connectivity index (χ2n) is 7.25. The largest absolute Gasteiger partial charge is 0.0993 e. The maximum absolute atomic E-state index is 4.44. The molecule has 3 aliphatic carbocycles. The second-order valence-corrected chi connectivity index (χ2v) is 7.25. The van der Waals surface area contributed by atoms with Crippen LogP contribution in [0.3, 0.4) is 0 Å². The zero-order valence-electron chi connectivity index (χ0n) is 10.5. The van der Waals surface area contributed by atoms with E-state index in [0.29, 0.717) is 16.2 Å². The van der Waals surface area contributed by atoms with E-state index in [1.165, 1.54) is 38.5 Å². The molecule has 0 radical (unpaired) electrons. The lowest BCUT2D eigenvalue weighted by Gasteiger charge is -2.66. The highest BCUT2D eigenvalue weighted by Crippen LogP contribution is 2.78. The molecule has 0 nitrogen and oxygen atoms in total. The molecule has 0 heteroatoms. The van der Waals surface area contributed by atoms with Gasteiger partial charge < -0.3 is 0 Å². The molecule has 3 fully saturated rings. The normalized spacial score (nSPS) is 51.9. The van der Waals surface area contributed by atoms with Crippen molar-refractivity contribution in [3.63, 3.8) is 0 Å². The van der Waals surface area contributed by atoms with E-state index >= 15 is 0 Å². The molecule has 0 saturated heterocycles. The van der Waals surface area contributed by atoms with E-state index in [2.05, 4.69) is 27.4 Å². The van der Waals surface area contributed by atoms with E-state index in [0.717, 1.165) is 5.92 Å². The summed E-state index contributed by atoms with van der Waals surface area (Å²) < 4.78 is 0. The second kappa shape index (κ2) is 2.52. The molecule has 3 atom stereocenters. The Hall–Kier alpha value is -0.260. The van der Waals surface area contributed by atoms with Crippen LogP contribution in [0.4, 0.5) is 0 Å². The fraction of sp³-hybridized carbons (Fsp3) is 0.867. The van der Waals surface area contributed by atoms with Crippen molar-refractivity contribution in [2.24, 2.45) is 22.2 Å². The maximum Gasteiger partial charge on any atom is 0.000144 e. The van der Waals surface area contributed by atoms with E-state index in [4.69, 9.17) is 0 Å². The van der Waals surface area contributed by atoms with E-state index in [9.17, 15) is 0 Å².